The molecule has 2 aliphatic rings. The number of carbonyl (C=O) groups is 1. The van der Waals surface area contributed by atoms with E-state index in [2.05, 4.69) is 30.5 Å². The van der Waals surface area contributed by atoms with E-state index >= 15 is 4.39 Å². The average molecular weight is 622 g/mol. The number of halogens is 5. The molecule has 3 N–H and O–H groups in total. The highest BCUT2D eigenvalue weighted by Gasteiger charge is 2.36. The number of aromatic amines is 1. The molecule has 4 rings (SSSR count). The first-order valence-corrected chi connectivity index (χ1v) is 13.9. The van der Waals surface area contributed by atoms with E-state index in [0.717, 1.165) is 6.20 Å². The molecule has 1 saturated heterocycles. The third-order valence-electron chi connectivity index (χ3n) is 7.41. The zero-order valence-electron chi connectivity index (χ0n) is 23.8. The van der Waals surface area contributed by atoms with Gasteiger partial charge in [0.25, 0.3) is 5.91 Å². The van der Waals surface area contributed by atoms with Crippen LogP contribution in [0, 0.1) is 5.82 Å². The van der Waals surface area contributed by atoms with Gasteiger partial charge in [0.05, 0.1) is 40.4 Å². The maximum atomic E-state index is 15.9. The van der Waals surface area contributed by atoms with Gasteiger partial charge in [0.2, 0.25) is 5.56 Å². The topological polar surface area (TPSA) is 105 Å². The lowest BCUT2D eigenvalue weighted by atomic mass is 9.98. The first-order chi connectivity index (χ1) is 20.3. The van der Waals surface area contributed by atoms with Crippen LogP contribution in [0.5, 0.6) is 0 Å². The van der Waals surface area contributed by atoms with Gasteiger partial charge in [-0.1, -0.05) is 17.7 Å². The first-order valence-electron chi connectivity index (χ1n) is 13.6. The normalized spacial score (nSPS) is 22.8. The zero-order chi connectivity index (χ0) is 31.3. The Morgan fingerprint density at radius 1 is 1.14 bits per heavy atom. The van der Waals surface area contributed by atoms with Crippen molar-refractivity contribution < 1.29 is 22.4 Å². The van der Waals surface area contributed by atoms with E-state index < -0.39 is 34.6 Å². The van der Waals surface area contributed by atoms with Gasteiger partial charge in [-0.05, 0) is 45.0 Å². The molecule has 0 saturated carbocycles. The molecule has 43 heavy (non-hydrogen) atoms. The van der Waals surface area contributed by atoms with Crippen LogP contribution in [0.1, 0.15) is 41.8 Å². The van der Waals surface area contributed by atoms with Crippen LogP contribution in [0.4, 0.5) is 28.9 Å². The number of carbonyl (C=O) groups excluding carboxylic acids is 1. The largest absolute Gasteiger partial charge is 0.417 e. The van der Waals surface area contributed by atoms with Gasteiger partial charge in [-0.3, -0.25) is 24.5 Å². The highest BCUT2D eigenvalue weighted by molar-refractivity contribution is 6.39. The van der Waals surface area contributed by atoms with Crippen molar-refractivity contribution in [2.75, 3.05) is 43.4 Å². The number of allylic oxidation sites excluding steroid dienone is 1. The summed E-state index contributed by atoms with van der Waals surface area (Å²) >= 11 is 6.05. The van der Waals surface area contributed by atoms with Crippen LogP contribution in [-0.2, 0) is 6.18 Å². The van der Waals surface area contributed by atoms with Crippen molar-refractivity contribution >= 4 is 47.0 Å². The lowest BCUT2D eigenvalue weighted by molar-refractivity contribution is -0.138. The van der Waals surface area contributed by atoms with E-state index in [-0.39, 0.29) is 36.4 Å². The number of rotatable bonds is 4. The summed E-state index contributed by atoms with van der Waals surface area (Å²) in [5.74, 6) is -1.68. The first kappa shape index (κ1) is 32.0. The van der Waals surface area contributed by atoms with Crippen LogP contribution in [-0.4, -0.2) is 73.7 Å². The number of amides is 1. The molecule has 1 aromatic carbocycles. The molecule has 1 fully saturated rings. The molecule has 1 aromatic heterocycles. The Labute approximate surface area is 251 Å². The molecule has 14 heteroatoms. The van der Waals surface area contributed by atoms with Crippen LogP contribution in [0.3, 0.4) is 0 Å². The summed E-state index contributed by atoms with van der Waals surface area (Å²) in [6.07, 6.45) is 2.19. The summed E-state index contributed by atoms with van der Waals surface area (Å²) in [5.41, 5.74) is -2.02. The number of H-pyrrole nitrogens is 1. The third kappa shape index (κ3) is 7.90. The minimum Gasteiger partial charge on any atom is -0.367 e. The van der Waals surface area contributed by atoms with E-state index in [1.807, 2.05) is 25.8 Å². The predicted octanol–water partition coefficient (Wildman–Crippen LogP) is 4.87. The minimum atomic E-state index is -4.95. The van der Waals surface area contributed by atoms with Crippen molar-refractivity contribution in [2.24, 2.45) is 9.98 Å². The highest BCUT2D eigenvalue weighted by atomic mass is 35.5. The monoisotopic (exact) mass is 621 g/mol. The highest BCUT2D eigenvalue weighted by Crippen LogP contribution is 2.36. The van der Waals surface area contributed by atoms with E-state index in [1.54, 1.807) is 6.08 Å². The molecule has 3 heterocycles. The van der Waals surface area contributed by atoms with Crippen molar-refractivity contribution in [3.05, 3.63) is 74.6 Å². The standard InChI is InChI=1S/C29H32ClF4N7O2/c1-17-14-41(15-18(2)40(17)3)26-10-24(31)21(19-4-6-35-11-20(30)12-37-16-36-7-5-19)8-25(26)39-28(43)22-13-38-27(42)9-23(22)29(32,33)34/h4,8-13,16-18H,5-7,14-15H2,1-3H3,(H,36,37)(H,38,42)(H,39,43)/b19-4+,20-12+,35-11?. The summed E-state index contributed by atoms with van der Waals surface area (Å²) in [5, 5.41) is 5.71. The van der Waals surface area contributed by atoms with E-state index in [4.69, 9.17) is 11.6 Å². The van der Waals surface area contributed by atoms with Crippen LogP contribution in [0.2, 0.25) is 0 Å². The van der Waals surface area contributed by atoms with Gasteiger partial charge >= 0.3 is 6.18 Å². The second-order valence-electron chi connectivity index (χ2n) is 10.4. The van der Waals surface area contributed by atoms with Crippen LogP contribution >= 0.6 is 11.6 Å². The lowest BCUT2D eigenvalue weighted by Gasteiger charge is -2.44. The smallest absolute Gasteiger partial charge is 0.367 e. The number of likely N-dealkylation sites (N-methyl/N-ethyl adjacent to an activating group) is 1. The Balaban J connectivity index is 1.80. The molecule has 0 bridgehead atoms. The van der Waals surface area contributed by atoms with E-state index in [1.165, 1.54) is 30.9 Å². The molecule has 230 valence electrons. The SMILES string of the molecule is CC1CN(c2cc(F)c(/C3=C/CN=C/C(Cl)=C\NC=NCC3)cc2NC(=O)c2c[nH]c(=O)cc2C(F)(F)F)CC(C)N1C. The van der Waals surface area contributed by atoms with Gasteiger partial charge < -0.3 is 20.5 Å². The molecule has 0 spiro atoms. The van der Waals surface area contributed by atoms with Gasteiger partial charge in [-0.2, -0.15) is 13.2 Å². The summed E-state index contributed by atoms with van der Waals surface area (Å²) in [7, 11) is 1.98. The zero-order valence-corrected chi connectivity index (χ0v) is 24.6. The lowest BCUT2D eigenvalue weighted by Crippen LogP contribution is -2.55. The number of pyridine rings is 1. The Morgan fingerprint density at radius 3 is 2.56 bits per heavy atom. The van der Waals surface area contributed by atoms with Crippen molar-refractivity contribution in [3.63, 3.8) is 0 Å². The van der Waals surface area contributed by atoms with Crippen molar-refractivity contribution in [2.45, 2.75) is 38.5 Å². The number of aliphatic imine (C=N–C) groups is 2. The maximum absolute atomic E-state index is 15.9. The number of hydrogen-bond donors (Lipinski definition) is 3. The van der Waals surface area contributed by atoms with Crippen molar-refractivity contribution in [3.8, 4) is 0 Å². The predicted molar refractivity (Wildman–Crippen MR) is 162 cm³/mol. The number of benzene rings is 1. The van der Waals surface area contributed by atoms with Crippen LogP contribution in [0.15, 0.2) is 56.5 Å². The molecule has 2 atom stereocenters. The molecule has 0 radical (unpaired) electrons. The van der Waals surface area contributed by atoms with Gasteiger partial charge in [-0.15, -0.1) is 0 Å². The summed E-state index contributed by atoms with van der Waals surface area (Å²) in [4.78, 5) is 39.7. The summed E-state index contributed by atoms with van der Waals surface area (Å²) < 4.78 is 57.1. The Bertz CT molecular complexity index is 1520. The molecule has 1 amide bonds. The quantitative estimate of drug-likeness (QED) is 0.423. The number of alkyl halides is 3. The Kier molecular flexibility index (Phi) is 10.1. The molecule has 9 nitrogen and oxygen atoms in total. The summed E-state index contributed by atoms with van der Waals surface area (Å²) in [6, 6.07) is 3.20. The average Bonchev–Trinajstić information content (AvgIpc) is 2.93. The molecule has 0 aliphatic carbocycles. The molecular weight excluding hydrogens is 590 g/mol. The number of aromatic nitrogens is 1. The second kappa shape index (κ2) is 13.6. The van der Waals surface area contributed by atoms with Crippen molar-refractivity contribution in [1.29, 1.82) is 0 Å². The Morgan fingerprint density at radius 2 is 1.86 bits per heavy atom. The minimum absolute atomic E-state index is 0.0743. The third-order valence-corrected chi connectivity index (χ3v) is 7.62. The van der Waals surface area contributed by atoms with Gasteiger partial charge in [0.15, 0.2) is 0 Å². The van der Waals surface area contributed by atoms with Gasteiger partial charge in [0, 0.05) is 62.0 Å². The summed E-state index contributed by atoms with van der Waals surface area (Å²) in [6.45, 7) is 5.45. The number of piperazine rings is 1. The second-order valence-corrected chi connectivity index (χ2v) is 10.8. The molecular formula is C29H32ClF4N7O2. The van der Waals surface area contributed by atoms with Gasteiger partial charge in [-0.25, -0.2) is 4.39 Å². The fourth-order valence-electron chi connectivity index (χ4n) is 4.96. The van der Waals surface area contributed by atoms with Crippen molar-refractivity contribution in [1.82, 2.24) is 15.2 Å². The number of nitrogens with one attached hydrogen (secondary N) is 3. The number of anilines is 2. The van der Waals surface area contributed by atoms with Crippen LogP contribution < -0.4 is 21.1 Å². The molecule has 2 aromatic rings. The van der Waals surface area contributed by atoms with E-state index in [9.17, 15) is 22.8 Å². The fourth-order valence-corrected chi connectivity index (χ4v) is 5.09. The van der Waals surface area contributed by atoms with Crippen LogP contribution in [0.25, 0.3) is 5.57 Å². The van der Waals surface area contributed by atoms with E-state index in [0.29, 0.717) is 41.9 Å². The molecule has 2 aliphatic heterocycles. The van der Waals surface area contributed by atoms with Gasteiger partial charge in [0.1, 0.15) is 5.82 Å². The Hall–Kier alpha value is -3.97. The fraction of sp³-hybridized carbons (Fsp3) is 0.379. The number of nitrogens with zero attached hydrogens (tertiary/aromatic N) is 4. The molecule has 2 unspecified atom stereocenters. The number of hydrogen-bond acceptors (Lipinski definition) is 7. The maximum Gasteiger partial charge on any atom is 0.417 e.